The van der Waals surface area contributed by atoms with Crippen molar-refractivity contribution in [2.75, 3.05) is 6.54 Å². The van der Waals surface area contributed by atoms with Gasteiger partial charge in [0, 0.05) is 13.6 Å². The Balaban J connectivity index is 2.46. The quantitative estimate of drug-likeness (QED) is 0.777. The zero-order chi connectivity index (χ0) is 13.5. The molecular formula is C8H12BrN5O3S. The van der Waals surface area contributed by atoms with Crippen molar-refractivity contribution in [1.82, 2.24) is 19.3 Å². The van der Waals surface area contributed by atoms with E-state index in [1.54, 1.807) is 0 Å². The highest BCUT2D eigenvalue weighted by atomic mass is 79.9. The van der Waals surface area contributed by atoms with Gasteiger partial charge < -0.3 is 5.73 Å². The van der Waals surface area contributed by atoms with Crippen molar-refractivity contribution in [2.45, 2.75) is 23.9 Å². The first-order valence-electron chi connectivity index (χ1n) is 5.22. The molecule has 100 valence electrons. The average molecular weight is 338 g/mol. The van der Waals surface area contributed by atoms with Crippen molar-refractivity contribution in [1.29, 1.82) is 0 Å². The van der Waals surface area contributed by atoms with Crippen LogP contribution >= 0.6 is 15.9 Å². The fourth-order valence-corrected chi connectivity index (χ4v) is 4.72. The van der Waals surface area contributed by atoms with Gasteiger partial charge in [0.05, 0.1) is 0 Å². The predicted molar refractivity (Wildman–Crippen MR) is 64.8 cm³/mol. The summed E-state index contributed by atoms with van der Waals surface area (Å²) in [5, 5.41) is 7.18. The molecule has 2 N–H and O–H groups in total. The third-order valence-electron chi connectivity index (χ3n) is 2.82. The van der Waals surface area contributed by atoms with E-state index in [0.717, 1.165) is 8.99 Å². The van der Waals surface area contributed by atoms with Crippen LogP contribution in [0.1, 0.15) is 12.8 Å². The summed E-state index contributed by atoms with van der Waals surface area (Å²) in [7, 11) is -2.36. The molecule has 18 heavy (non-hydrogen) atoms. The largest absolute Gasteiger partial charge is 0.368 e. The first kappa shape index (κ1) is 13.4. The number of primary amides is 1. The lowest BCUT2D eigenvalue weighted by Gasteiger charge is -2.21. The van der Waals surface area contributed by atoms with E-state index in [4.69, 9.17) is 5.73 Å². The number of rotatable bonds is 3. The van der Waals surface area contributed by atoms with E-state index in [0.29, 0.717) is 12.8 Å². The number of carbonyl (C=O) groups excluding carboxylic acids is 1. The summed E-state index contributed by atoms with van der Waals surface area (Å²) in [6.45, 7) is 0.271. The lowest BCUT2D eigenvalue weighted by molar-refractivity contribution is -0.121. The minimum Gasteiger partial charge on any atom is -0.368 e. The number of aromatic nitrogens is 3. The molecule has 0 spiro atoms. The second-order valence-electron chi connectivity index (χ2n) is 3.99. The van der Waals surface area contributed by atoms with Gasteiger partial charge in [-0.3, -0.25) is 4.79 Å². The summed E-state index contributed by atoms with van der Waals surface area (Å²) in [4.78, 5) is 11.3. The molecule has 1 saturated heterocycles. The highest BCUT2D eigenvalue weighted by Gasteiger charge is 2.41. The summed E-state index contributed by atoms with van der Waals surface area (Å²) in [6, 6.07) is -0.795. The Morgan fingerprint density at radius 3 is 2.72 bits per heavy atom. The molecule has 1 unspecified atom stereocenters. The highest BCUT2D eigenvalue weighted by molar-refractivity contribution is 9.10. The Kier molecular flexibility index (Phi) is 3.43. The molecule has 1 aromatic heterocycles. The maximum Gasteiger partial charge on any atom is 0.263 e. The number of amides is 1. The van der Waals surface area contributed by atoms with Crippen LogP contribution in [0.5, 0.6) is 0 Å². The van der Waals surface area contributed by atoms with Crippen molar-refractivity contribution < 1.29 is 13.2 Å². The molecule has 1 atom stereocenters. The minimum absolute atomic E-state index is 0.0735. The molecular weight excluding hydrogens is 326 g/mol. The van der Waals surface area contributed by atoms with Crippen LogP contribution in [0.25, 0.3) is 0 Å². The van der Waals surface area contributed by atoms with E-state index in [1.807, 2.05) is 0 Å². The van der Waals surface area contributed by atoms with E-state index in [9.17, 15) is 13.2 Å². The molecule has 0 bridgehead atoms. The average Bonchev–Trinajstić information content (AvgIpc) is 2.85. The van der Waals surface area contributed by atoms with Gasteiger partial charge in [0.25, 0.3) is 10.0 Å². The van der Waals surface area contributed by atoms with Gasteiger partial charge in [0.15, 0.2) is 4.60 Å². The molecule has 1 aliphatic rings. The van der Waals surface area contributed by atoms with Gasteiger partial charge in [0.1, 0.15) is 6.04 Å². The van der Waals surface area contributed by atoms with Gasteiger partial charge in [-0.05, 0) is 28.8 Å². The smallest absolute Gasteiger partial charge is 0.263 e. The standard InChI is InChI=1S/C8H12BrN5O3S/c1-13-8(6(9)11-12-13)18(16,17)14-4-2-3-5(14)7(10)15/h5H,2-4H2,1H3,(H2,10,15). The third kappa shape index (κ3) is 2.04. The molecule has 1 fully saturated rings. The normalized spacial score (nSPS) is 21.3. The Morgan fingerprint density at radius 2 is 2.22 bits per heavy atom. The second kappa shape index (κ2) is 4.59. The van der Waals surface area contributed by atoms with Gasteiger partial charge in [-0.15, -0.1) is 5.10 Å². The fraction of sp³-hybridized carbons (Fsp3) is 0.625. The monoisotopic (exact) mass is 337 g/mol. The number of nitrogens with two attached hydrogens (primary N) is 1. The summed E-state index contributed by atoms with van der Waals surface area (Å²) in [5.74, 6) is -0.637. The molecule has 0 aliphatic carbocycles. The molecule has 1 aromatic rings. The number of sulfonamides is 1. The zero-order valence-electron chi connectivity index (χ0n) is 9.58. The number of aryl methyl sites for hydroxylation is 1. The Morgan fingerprint density at radius 1 is 1.56 bits per heavy atom. The van der Waals surface area contributed by atoms with E-state index < -0.39 is 22.0 Å². The van der Waals surface area contributed by atoms with Crippen LogP contribution in [0.15, 0.2) is 9.63 Å². The minimum atomic E-state index is -3.83. The molecule has 2 rings (SSSR count). The zero-order valence-corrected chi connectivity index (χ0v) is 12.0. The summed E-state index contributed by atoms with van der Waals surface area (Å²) in [6.07, 6.45) is 1.05. The summed E-state index contributed by atoms with van der Waals surface area (Å²) >= 11 is 3.04. The van der Waals surface area contributed by atoms with E-state index >= 15 is 0 Å². The molecule has 0 radical (unpaired) electrons. The Labute approximate surface area is 112 Å². The third-order valence-corrected chi connectivity index (χ3v) is 5.62. The van der Waals surface area contributed by atoms with Crippen molar-refractivity contribution in [3.8, 4) is 0 Å². The molecule has 1 aliphatic heterocycles. The van der Waals surface area contributed by atoms with Crippen molar-refractivity contribution in [2.24, 2.45) is 12.8 Å². The first-order valence-corrected chi connectivity index (χ1v) is 7.45. The molecule has 10 heteroatoms. The number of halogens is 1. The lowest BCUT2D eigenvalue weighted by atomic mass is 10.2. The van der Waals surface area contributed by atoms with Crippen molar-refractivity contribution >= 4 is 31.9 Å². The topological polar surface area (TPSA) is 111 Å². The Bertz CT molecular complexity index is 564. The van der Waals surface area contributed by atoms with Crippen LogP contribution in [-0.2, 0) is 21.9 Å². The second-order valence-corrected chi connectivity index (χ2v) is 6.54. The van der Waals surface area contributed by atoms with Crippen LogP contribution in [0, 0.1) is 0 Å². The highest BCUT2D eigenvalue weighted by Crippen LogP contribution is 2.28. The van der Waals surface area contributed by atoms with Crippen LogP contribution in [0.3, 0.4) is 0 Å². The SMILES string of the molecule is Cn1nnc(Br)c1S(=O)(=O)N1CCCC1C(N)=O. The maximum atomic E-state index is 12.4. The van der Waals surface area contributed by atoms with Crippen LogP contribution in [0.2, 0.25) is 0 Å². The van der Waals surface area contributed by atoms with E-state index in [2.05, 4.69) is 26.2 Å². The van der Waals surface area contributed by atoms with Gasteiger partial charge >= 0.3 is 0 Å². The van der Waals surface area contributed by atoms with Crippen molar-refractivity contribution in [3.63, 3.8) is 0 Å². The fourth-order valence-electron chi connectivity index (χ4n) is 2.02. The molecule has 8 nitrogen and oxygen atoms in total. The Hall–Kier alpha value is -1.00. The van der Waals surface area contributed by atoms with Gasteiger partial charge in [-0.25, -0.2) is 13.1 Å². The van der Waals surface area contributed by atoms with Crippen LogP contribution in [-0.4, -0.2) is 46.2 Å². The van der Waals surface area contributed by atoms with Gasteiger partial charge in [-0.1, -0.05) is 5.21 Å². The number of carbonyl (C=O) groups is 1. The summed E-state index contributed by atoms with van der Waals surface area (Å²) in [5.41, 5.74) is 5.22. The molecule has 2 heterocycles. The van der Waals surface area contributed by atoms with Crippen molar-refractivity contribution in [3.05, 3.63) is 4.60 Å². The van der Waals surface area contributed by atoms with Crippen LogP contribution < -0.4 is 5.73 Å². The van der Waals surface area contributed by atoms with E-state index in [-0.39, 0.29) is 16.2 Å². The van der Waals surface area contributed by atoms with Gasteiger partial charge in [0.2, 0.25) is 10.9 Å². The van der Waals surface area contributed by atoms with Gasteiger partial charge in [-0.2, -0.15) is 4.31 Å². The number of hydrogen-bond donors (Lipinski definition) is 1. The first-order chi connectivity index (χ1) is 8.35. The maximum absolute atomic E-state index is 12.4. The predicted octanol–water partition coefficient (Wildman–Crippen LogP) is -0.784. The lowest BCUT2D eigenvalue weighted by Crippen LogP contribution is -2.44. The molecule has 0 saturated carbocycles. The number of nitrogens with zero attached hydrogens (tertiary/aromatic N) is 4. The summed E-state index contributed by atoms with van der Waals surface area (Å²) < 4.78 is 27.3. The molecule has 0 aromatic carbocycles. The van der Waals surface area contributed by atoms with Crippen LogP contribution in [0.4, 0.5) is 0 Å². The molecule has 1 amide bonds. The number of hydrogen-bond acceptors (Lipinski definition) is 5. The van der Waals surface area contributed by atoms with E-state index in [1.165, 1.54) is 7.05 Å².